The smallest absolute Gasteiger partial charge is 0.348 e. The molecule has 0 atom stereocenters. The molecule has 2 aromatic rings. The molecular formula is C10H8BrNO2S. The SMILES string of the molecule is CCOC(=O)c1cc2cc(Br)ncc2s1. The lowest BCUT2D eigenvalue weighted by Gasteiger charge is -1.95. The second-order valence-corrected chi connectivity index (χ2v) is 4.77. The summed E-state index contributed by atoms with van der Waals surface area (Å²) >= 11 is 4.68. The second-order valence-electron chi connectivity index (χ2n) is 2.88. The zero-order valence-electron chi connectivity index (χ0n) is 7.99. The Morgan fingerprint density at radius 3 is 3.13 bits per heavy atom. The summed E-state index contributed by atoms with van der Waals surface area (Å²) < 4.78 is 6.68. The van der Waals surface area contributed by atoms with E-state index in [9.17, 15) is 4.79 Å². The summed E-state index contributed by atoms with van der Waals surface area (Å²) in [7, 11) is 0. The molecule has 2 aromatic heterocycles. The lowest BCUT2D eigenvalue weighted by molar-refractivity contribution is 0.0532. The maximum Gasteiger partial charge on any atom is 0.348 e. The second kappa shape index (κ2) is 4.28. The number of carbonyl (C=O) groups is 1. The predicted molar refractivity (Wildman–Crippen MR) is 63.3 cm³/mol. The molecule has 0 unspecified atom stereocenters. The molecule has 0 aliphatic heterocycles. The molecule has 3 nitrogen and oxygen atoms in total. The van der Waals surface area contributed by atoms with Gasteiger partial charge in [0, 0.05) is 6.20 Å². The maximum absolute atomic E-state index is 11.5. The number of ether oxygens (including phenoxy) is 1. The van der Waals surface area contributed by atoms with Gasteiger partial charge in [-0.3, -0.25) is 0 Å². The molecule has 0 saturated heterocycles. The molecule has 2 rings (SSSR count). The summed E-state index contributed by atoms with van der Waals surface area (Å²) in [6.45, 7) is 2.19. The number of hydrogen-bond acceptors (Lipinski definition) is 4. The van der Waals surface area contributed by atoms with Crippen LogP contribution in [0.3, 0.4) is 0 Å². The molecular weight excluding hydrogens is 278 g/mol. The fourth-order valence-electron chi connectivity index (χ4n) is 1.22. The molecule has 5 heteroatoms. The van der Waals surface area contributed by atoms with Crippen molar-refractivity contribution in [2.75, 3.05) is 6.61 Å². The van der Waals surface area contributed by atoms with Gasteiger partial charge in [-0.1, -0.05) is 0 Å². The molecule has 0 aromatic carbocycles. The lowest BCUT2D eigenvalue weighted by Crippen LogP contribution is -2.01. The Morgan fingerprint density at radius 2 is 2.40 bits per heavy atom. The van der Waals surface area contributed by atoms with Gasteiger partial charge in [-0.15, -0.1) is 11.3 Å². The summed E-state index contributed by atoms with van der Waals surface area (Å²) in [4.78, 5) is 16.2. The lowest BCUT2D eigenvalue weighted by atomic mass is 10.3. The first kappa shape index (κ1) is 10.6. The van der Waals surface area contributed by atoms with E-state index in [0.29, 0.717) is 11.5 Å². The van der Waals surface area contributed by atoms with E-state index in [4.69, 9.17) is 4.74 Å². The van der Waals surface area contributed by atoms with Crippen molar-refractivity contribution in [2.24, 2.45) is 0 Å². The first-order chi connectivity index (χ1) is 7.20. The summed E-state index contributed by atoms with van der Waals surface area (Å²) in [6, 6.07) is 3.71. The summed E-state index contributed by atoms with van der Waals surface area (Å²) in [5.41, 5.74) is 0. The van der Waals surface area contributed by atoms with E-state index in [0.717, 1.165) is 14.7 Å². The highest BCUT2D eigenvalue weighted by Crippen LogP contribution is 2.27. The van der Waals surface area contributed by atoms with Gasteiger partial charge in [-0.25, -0.2) is 9.78 Å². The average molecular weight is 286 g/mol. The molecule has 0 aliphatic carbocycles. The van der Waals surface area contributed by atoms with Gasteiger partial charge in [0.25, 0.3) is 0 Å². The van der Waals surface area contributed by atoms with Gasteiger partial charge in [-0.05, 0) is 40.4 Å². The van der Waals surface area contributed by atoms with Crippen LogP contribution < -0.4 is 0 Å². The average Bonchev–Trinajstić information content (AvgIpc) is 2.60. The Kier molecular flexibility index (Phi) is 3.02. The molecule has 15 heavy (non-hydrogen) atoms. The van der Waals surface area contributed by atoms with Crippen LogP contribution in [0.25, 0.3) is 10.1 Å². The third-order valence-electron chi connectivity index (χ3n) is 1.85. The van der Waals surface area contributed by atoms with Crippen molar-refractivity contribution >= 4 is 43.3 Å². The zero-order chi connectivity index (χ0) is 10.8. The van der Waals surface area contributed by atoms with Gasteiger partial charge in [0.1, 0.15) is 9.48 Å². The monoisotopic (exact) mass is 285 g/mol. The highest BCUT2D eigenvalue weighted by atomic mass is 79.9. The van der Waals surface area contributed by atoms with Crippen LogP contribution in [0.15, 0.2) is 22.9 Å². The highest BCUT2D eigenvalue weighted by molar-refractivity contribution is 9.10. The van der Waals surface area contributed by atoms with Gasteiger partial charge in [0.05, 0.1) is 11.3 Å². The fourth-order valence-corrected chi connectivity index (χ4v) is 2.48. The molecule has 0 radical (unpaired) electrons. The number of rotatable bonds is 2. The first-order valence-corrected chi connectivity index (χ1v) is 6.04. The number of pyridine rings is 1. The van der Waals surface area contributed by atoms with E-state index in [1.807, 2.05) is 12.1 Å². The zero-order valence-corrected chi connectivity index (χ0v) is 10.4. The topological polar surface area (TPSA) is 39.2 Å². The standard InChI is InChI=1S/C10H8BrNO2S/c1-2-14-10(13)7-3-6-4-9(11)12-5-8(6)15-7/h3-5H,2H2,1H3. The van der Waals surface area contributed by atoms with Crippen molar-refractivity contribution in [3.05, 3.63) is 27.8 Å². The number of hydrogen-bond donors (Lipinski definition) is 0. The number of carbonyl (C=O) groups excluding carboxylic acids is 1. The van der Waals surface area contributed by atoms with Gasteiger partial charge in [-0.2, -0.15) is 0 Å². The Morgan fingerprint density at radius 1 is 1.60 bits per heavy atom. The summed E-state index contributed by atoms with van der Waals surface area (Å²) in [5, 5.41) is 1.00. The maximum atomic E-state index is 11.5. The van der Waals surface area contributed by atoms with E-state index in [1.54, 1.807) is 13.1 Å². The van der Waals surface area contributed by atoms with Crippen LogP contribution in [0.4, 0.5) is 0 Å². The van der Waals surface area contributed by atoms with Crippen molar-refractivity contribution in [3.8, 4) is 0 Å². The summed E-state index contributed by atoms with van der Waals surface area (Å²) in [5.74, 6) is -0.269. The van der Waals surface area contributed by atoms with Crippen molar-refractivity contribution in [2.45, 2.75) is 6.92 Å². The molecule has 78 valence electrons. The number of thiophene rings is 1. The van der Waals surface area contributed by atoms with Crippen LogP contribution in [-0.2, 0) is 4.74 Å². The minimum atomic E-state index is -0.269. The Labute approximate surface area is 99.2 Å². The molecule has 0 saturated carbocycles. The van der Waals surface area contributed by atoms with E-state index in [-0.39, 0.29) is 5.97 Å². The summed E-state index contributed by atoms with van der Waals surface area (Å²) in [6.07, 6.45) is 1.74. The van der Waals surface area contributed by atoms with Crippen LogP contribution >= 0.6 is 27.3 Å². The third kappa shape index (κ3) is 2.18. The molecule has 0 fully saturated rings. The molecule has 0 aliphatic rings. The molecule has 0 bridgehead atoms. The molecule has 2 heterocycles. The van der Waals surface area contributed by atoms with Gasteiger partial charge in [0.15, 0.2) is 0 Å². The van der Waals surface area contributed by atoms with Gasteiger partial charge in [0.2, 0.25) is 0 Å². The fraction of sp³-hybridized carbons (Fsp3) is 0.200. The number of aromatic nitrogens is 1. The van der Waals surface area contributed by atoms with E-state index >= 15 is 0 Å². The normalized spacial score (nSPS) is 10.5. The van der Waals surface area contributed by atoms with E-state index < -0.39 is 0 Å². The molecule has 0 N–H and O–H groups in total. The Hall–Kier alpha value is -0.940. The number of nitrogens with zero attached hydrogens (tertiary/aromatic N) is 1. The van der Waals surface area contributed by atoms with Crippen LogP contribution in [0.1, 0.15) is 16.6 Å². The van der Waals surface area contributed by atoms with Crippen LogP contribution in [-0.4, -0.2) is 17.6 Å². The van der Waals surface area contributed by atoms with Crippen molar-refractivity contribution < 1.29 is 9.53 Å². The predicted octanol–water partition coefficient (Wildman–Crippen LogP) is 3.24. The van der Waals surface area contributed by atoms with Crippen LogP contribution in [0.2, 0.25) is 0 Å². The first-order valence-electron chi connectivity index (χ1n) is 4.43. The Bertz CT molecular complexity index is 509. The highest BCUT2D eigenvalue weighted by Gasteiger charge is 2.11. The molecule has 0 spiro atoms. The van der Waals surface area contributed by atoms with Crippen molar-refractivity contribution in [1.82, 2.24) is 4.98 Å². The minimum Gasteiger partial charge on any atom is -0.462 e. The largest absolute Gasteiger partial charge is 0.462 e. The number of fused-ring (bicyclic) bond motifs is 1. The number of esters is 1. The third-order valence-corrected chi connectivity index (χ3v) is 3.35. The Balaban J connectivity index is 2.42. The van der Waals surface area contributed by atoms with E-state index in [1.165, 1.54) is 11.3 Å². The minimum absolute atomic E-state index is 0.269. The number of halogens is 1. The van der Waals surface area contributed by atoms with Gasteiger partial charge < -0.3 is 4.74 Å². The van der Waals surface area contributed by atoms with Crippen LogP contribution in [0.5, 0.6) is 0 Å². The molecule has 0 amide bonds. The van der Waals surface area contributed by atoms with Crippen LogP contribution in [0, 0.1) is 0 Å². The quantitative estimate of drug-likeness (QED) is 0.628. The van der Waals surface area contributed by atoms with Gasteiger partial charge >= 0.3 is 5.97 Å². The van der Waals surface area contributed by atoms with Crippen molar-refractivity contribution in [1.29, 1.82) is 0 Å². The van der Waals surface area contributed by atoms with Crippen molar-refractivity contribution in [3.63, 3.8) is 0 Å². The van der Waals surface area contributed by atoms with E-state index in [2.05, 4.69) is 20.9 Å².